The number of anilines is 1. The molecule has 0 spiro atoms. The zero-order chi connectivity index (χ0) is 18.8. The van der Waals surface area contributed by atoms with Crippen LogP contribution in [0.15, 0.2) is 30.3 Å². The van der Waals surface area contributed by atoms with Gasteiger partial charge in [0.25, 0.3) is 5.91 Å². The molecule has 1 saturated heterocycles. The molecule has 1 amide bonds. The van der Waals surface area contributed by atoms with Gasteiger partial charge in [-0.05, 0) is 30.3 Å². The Morgan fingerprint density at radius 1 is 0.885 bits per heavy atom. The molecule has 2 aromatic rings. The highest BCUT2D eigenvalue weighted by molar-refractivity contribution is 6.44. The summed E-state index contributed by atoms with van der Waals surface area (Å²) in [5.41, 5.74) is 1.38. The first kappa shape index (κ1) is 19.3. The van der Waals surface area contributed by atoms with Gasteiger partial charge in [0, 0.05) is 31.7 Å². The third-order valence-electron chi connectivity index (χ3n) is 4.23. The Balaban J connectivity index is 1.75. The van der Waals surface area contributed by atoms with Crippen molar-refractivity contribution >= 4 is 64.3 Å². The maximum absolute atomic E-state index is 12.6. The van der Waals surface area contributed by atoms with E-state index >= 15 is 0 Å². The van der Waals surface area contributed by atoms with Gasteiger partial charge in [0.2, 0.25) is 6.29 Å². The zero-order valence-corrected chi connectivity index (χ0v) is 16.5. The van der Waals surface area contributed by atoms with Crippen molar-refractivity contribution in [1.29, 1.82) is 0 Å². The lowest BCUT2D eigenvalue weighted by atomic mass is 10.1. The molecule has 4 nitrogen and oxygen atoms in total. The molecule has 0 unspecified atom stereocenters. The summed E-state index contributed by atoms with van der Waals surface area (Å²) in [7, 11) is 0. The number of benzene rings is 2. The van der Waals surface area contributed by atoms with Gasteiger partial charge >= 0.3 is 0 Å². The van der Waals surface area contributed by atoms with E-state index in [0.717, 1.165) is 0 Å². The summed E-state index contributed by atoms with van der Waals surface area (Å²) in [4.78, 5) is 27.5. The summed E-state index contributed by atoms with van der Waals surface area (Å²) < 4.78 is 0. The average molecular weight is 431 g/mol. The van der Waals surface area contributed by atoms with Crippen molar-refractivity contribution in [3.63, 3.8) is 0 Å². The standard InChI is InChI=1S/C18H13Cl4N2O2/c19-13-3-1-11(9-15(13)21)18(26)24-7-5-23(6-8-24)17-12(10-25)2-4-14(20)16(17)22/h1-4,9H,5-8H2. The van der Waals surface area contributed by atoms with E-state index < -0.39 is 0 Å². The molecule has 0 saturated carbocycles. The van der Waals surface area contributed by atoms with E-state index in [1.165, 1.54) is 0 Å². The van der Waals surface area contributed by atoms with Crippen LogP contribution in [0.3, 0.4) is 0 Å². The van der Waals surface area contributed by atoms with Crippen molar-refractivity contribution < 1.29 is 9.59 Å². The summed E-state index contributed by atoms with van der Waals surface area (Å²) in [5.74, 6) is -0.123. The second-order valence-electron chi connectivity index (χ2n) is 5.77. The Morgan fingerprint density at radius 3 is 2.15 bits per heavy atom. The summed E-state index contributed by atoms with van der Waals surface area (Å²) in [6, 6.07) is 7.97. The molecule has 1 heterocycles. The molecule has 1 radical (unpaired) electrons. The normalized spacial score (nSPS) is 14.5. The van der Waals surface area contributed by atoms with E-state index in [2.05, 4.69) is 0 Å². The fraction of sp³-hybridized carbons (Fsp3) is 0.222. The number of piperazine rings is 1. The Hall–Kier alpha value is -1.46. The number of nitrogens with zero attached hydrogens (tertiary/aromatic N) is 2. The summed E-state index contributed by atoms with van der Waals surface area (Å²) in [6.45, 7) is 1.98. The van der Waals surface area contributed by atoms with Gasteiger partial charge in [0.1, 0.15) is 0 Å². The lowest BCUT2D eigenvalue weighted by Gasteiger charge is -2.37. The molecule has 0 atom stereocenters. The Labute approximate surface area is 171 Å². The Morgan fingerprint density at radius 2 is 1.54 bits per heavy atom. The SMILES string of the molecule is O=[C]c1ccc(Cl)c(Cl)c1N1CCN(C(=O)c2ccc(Cl)c(Cl)c2)CC1. The van der Waals surface area contributed by atoms with E-state index in [1.807, 2.05) is 11.2 Å². The minimum absolute atomic E-state index is 0.123. The second kappa shape index (κ2) is 8.05. The molecule has 2 aromatic carbocycles. The third-order valence-corrected chi connectivity index (χ3v) is 5.76. The molecule has 1 fully saturated rings. The Bertz CT molecular complexity index is 865. The molecule has 0 bridgehead atoms. The quantitative estimate of drug-likeness (QED) is 0.707. The zero-order valence-electron chi connectivity index (χ0n) is 13.4. The number of hydrogen-bond acceptors (Lipinski definition) is 3. The van der Waals surface area contributed by atoms with Crippen LogP contribution in [0.5, 0.6) is 0 Å². The highest BCUT2D eigenvalue weighted by atomic mass is 35.5. The molecule has 26 heavy (non-hydrogen) atoms. The highest BCUT2D eigenvalue weighted by Gasteiger charge is 2.26. The summed E-state index contributed by atoms with van der Waals surface area (Å²) >= 11 is 24.2. The number of hydrogen-bond donors (Lipinski definition) is 0. The van der Waals surface area contributed by atoms with E-state index in [4.69, 9.17) is 46.4 Å². The lowest BCUT2D eigenvalue weighted by Crippen LogP contribution is -2.49. The molecule has 0 N–H and O–H groups in total. The minimum Gasteiger partial charge on any atom is -0.366 e. The number of amides is 1. The monoisotopic (exact) mass is 429 g/mol. The molecule has 0 aliphatic carbocycles. The van der Waals surface area contributed by atoms with Crippen LogP contribution >= 0.6 is 46.4 Å². The predicted molar refractivity (Wildman–Crippen MR) is 106 cm³/mol. The van der Waals surface area contributed by atoms with Crippen molar-refractivity contribution in [2.24, 2.45) is 0 Å². The van der Waals surface area contributed by atoms with Crippen LogP contribution in [0.1, 0.15) is 15.9 Å². The third kappa shape index (κ3) is 3.79. The molecular formula is C18H13Cl4N2O2. The first-order valence-corrected chi connectivity index (χ1v) is 9.29. The average Bonchev–Trinajstić information content (AvgIpc) is 2.65. The first-order chi connectivity index (χ1) is 12.4. The molecule has 0 aromatic heterocycles. The minimum atomic E-state index is -0.123. The Kier molecular flexibility index (Phi) is 5.98. The van der Waals surface area contributed by atoms with Gasteiger partial charge in [-0.1, -0.05) is 46.4 Å². The molecule has 135 valence electrons. The molecule has 1 aliphatic heterocycles. The van der Waals surface area contributed by atoms with E-state index in [1.54, 1.807) is 35.2 Å². The van der Waals surface area contributed by atoms with Crippen LogP contribution in [-0.4, -0.2) is 43.3 Å². The van der Waals surface area contributed by atoms with Gasteiger partial charge in [-0.2, -0.15) is 0 Å². The lowest BCUT2D eigenvalue weighted by molar-refractivity contribution is 0.0747. The van der Waals surface area contributed by atoms with E-state index in [0.29, 0.717) is 63.1 Å². The molecular weight excluding hydrogens is 418 g/mol. The molecule has 3 rings (SSSR count). The first-order valence-electron chi connectivity index (χ1n) is 7.78. The highest BCUT2D eigenvalue weighted by Crippen LogP contribution is 2.36. The van der Waals surface area contributed by atoms with E-state index in [9.17, 15) is 9.59 Å². The van der Waals surface area contributed by atoms with Crippen LogP contribution in [0.4, 0.5) is 5.69 Å². The largest absolute Gasteiger partial charge is 0.366 e. The van der Waals surface area contributed by atoms with Gasteiger partial charge in [0.05, 0.1) is 31.3 Å². The topological polar surface area (TPSA) is 40.6 Å². The van der Waals surface area contributed by atoms with Gasteiger partial charge < -0.3 is 9.80 Å². The fourth-order valence-electron chi connectivity index (χ4n) is 2.88. The van der Waals surface area contributed by atoms with Crippen molar-refractivity contribution in [1.82, 2.24) is 4.90 Å². The van der Waals surface area contributed by atoms with Crippen LogP contribution in [0, 0.1) is 0 Å². The van der Waals surface area contributed by atoms with Crippen LogP contribution in [0.2, 0.25) is 20.1 Å². The molecule has 8 heteroatoms. The van der Waals surface area contributed by atoms with Crippen molar-refractivity contribution in [3.05, 3.63) is 61.5 Å². The molecule has 1 aliphatic rings. The van der Waals surface area contributed by atoms with Crippen molar-refractivity contribution in [2.45, 2.75) is 0 Å². The maximum Gasteiger partial charge on any atom is 0.254 e. The van der Waals surface area contributed by atoms with Gasteiger partial charge in [-0.15, -0.1) is 0 Å². The fourth-order valence-corrected chi connectivity index (χ4v) is 3.61. The van der Waals surface area contributed by atoms with Gasteiger partial charge in [-0.25, -0.2) is 0 Å². The smallest absolute Gasteiger partial charge is 0.254 e. The number of carbonyl (C=O) groups is 1. The number of rotatable bonds is 3. The second-order valence-corrected chi connectivity index (χ2v) is 7.37. The van der Waals surface area contributed by atoms with Crippen LogP contribution in [0.25, 0.3) is 0 Å². The number of halogens is 4. The predicted octanol–water partition coefficient (Wildman–Crippen LogP) is 4.72. The van der Waals surface area contributed by atoms with E-state index in [-0.39, 0.29) is 5.91 Å². The van der Waals surface area contributed by atoms with Crippen molar-refractivity contribution in [2.75, 3.05) is 31.1 Å². The van der Waals surface area contributed by atoms with Gasteiger partial charge in [0.15, 0.2) is 0 Å². The number of carbonyl (C=O) groups excluding carboxylic acids is 2. The van der Waals surface area contributed by atoms with Gasteiger partial charge in [-0.3, -0.25) is 9.59 Å². The maximum atomic E-state index is 12.6. The summed E-state index contributed by atoms with van der Waals surface area (Å²) in [5, 5.41) is 1.43. The summed E-state index contributed by atoms with van der Waals surface area (Å²) in [6.07, 6.45) is 1.89. The van der Waals surface area contributed by atoms with Crippen LogP contribution in [-0.2, 0) is 4.79 Å². The van der Waals surface area contributed by atoms with Crippen molar-refractivity contribution in [3.8, 4) is 0 Å². The van der Waals surface area contributed by atoms with Crippen LogP contribution < -0.4 is 4.90 Å².